The molecule has 1 saturated heterocycles. The van der Waals surface area contributed by atoms with Gasteiger partial charge < -0.3 is 19.7 Å². The van der Waals surface area contributed by atoms with E-state index in [4.69, 9.17) is 31.2 Å². The van der Waals surface area contributed by atoms with Crippen molar-refractivity contribution in [1.29, 1.82) is 0 Å². The number of piperazine rings is 1. The Balaban J connectivity index is 1.55. The molecular formula is C26H31ClN8O3. The molecule has 0 spiro atoms. The van der Waals surface area contributed by atoms with E-state index >= 15 is 0 Å². The van der Waals surface area contributed by atoms with Gasteiger partial charge in [0, 0.05) is 76.0 Å². The Morgan fingerprint density at radius 2 is 2.05 bits per heavy atom. The SMILES string of the molecule is C=CC(=O)N1CCN(CCc2nc3c(=C4CC(OC)=CC(OC)=C4Cl)cc4c(n3n2)=NC(=NC)NC4)CC1. The summed E-state index contributed by atoms with van der Waals surface area (Å²) in [6.07, 6.45) is 4.33. The molecule has 1 fully saturated rings. The van der Waals surface area contributed by atoms with Crippen molar-refractivity contribution in [2.75, 3.05) is 54.0 Å². The molecule has 2 aromatic rings. The third kappa shape index (κ3) is 4.91. The molecule has 0 saturated carbocycles. The van der Waals surface area contributed by atoms with Gasteiger partial charge in [-0.15, -0.1) is 5.10 Å². The van der Waals surface area contributed by atoms with Gasteiger partial charge in [0.25, 0.3) is 0 Å². The molecule has 2 aromatic heterocycles. The van der Waals surface area contributed by atoms with Crippen LogP contribution < -0.4 is 16.0 Å². The number of rotatable bonds is 6. The van der Waals surface area contributed by atoms with Crippen molar-refractivity contribution in [3.8, 4) is 0 Å². The van der Waals surface area contributed by atoms with Crippen LogP contribution in [0.3, 0.4) is 0 Å². The van der Waals surface area contributed by atoms with Gasteiger partial charge in [-0.25, -0.2) is 4.98 Å². The Labute approximate surface area is 225 Å². The average molecular weight is 539 g/mol. The number of hydrogen-bond acceptors (Lipinski definition) is 7. The van der Waals surface area contributed by atoms with E-state index < -0.39 is 0 Å². The van der Waals surface area contributed by atoms with Gasteiger partial charge in [-0.05, 0) is 17.7 Å². The maximum Gasteiger partial charge on any atom is 0.246 e. The minimum Gasteiger partial charge on any atom is -0.501 e. The van der Waals surface area contributed by atoms with Crippen LogP contribution in [0.5, 0.6) is 0 Å². The molecule has 11 nitrogen and oxygen atoms in total. The largest absolute Gasteiger partial charge is 0.501 e. The Hall–Kier alpha value is -3.70. The van der Waals surface area contributed by atoms with Crippen LogP contribution in [0.2, 0.25) is 0 Å². The Morgan fingerprint density at radius 3 is 2.74 bits per heavy atom. The van der Waals surface area contributed by atoms with Crippen molar-refractivity contribution in [3.05, 3.63) is 63.4 Å². The standard InChI is InChI=1S/C26H31ClN8O3/c1-5-22(36)34-10-8-33(9-11-34)7-6-21-30-25-19(18-13-17(37-3)14-20(38-4)23(18)27)12-16-15-29-26(28-2)31-24(16)35(25)32-21/h5,12,14H,1,6-11,13,15H2,2-4H3,(H,28,29). The highest BCUT2D eigenvalue weighted by Crippen LogP contribution is 2.33. The number of nitrogens with zero attached hydrogens (tertiary/aromatic N) is 7. The topological polar surface area (TPSA) is 109 Å². The van der Waals surface area contributed by atoms with Gasteiger partial charge in [0.2, 0.25) is 11.9 Å². The van der Waals surface area contributed by atoms with Crippen LogP contribution >= 0.6 is 11.6 Å². The molecule has 4 heterocycles. The van der Waals surface area contributed by atoms with E-state index in [-0.39, 0.29) is 5.91 Å². The highest BCUT2D eigenvalue weighted by molar-refractivity contribution is 6.36. The van der Waals surface area contributed by atoms with Crippen molar-refractivity contribution in [2.24, 2.45) is 9.98 Å². The zero-order valence-corrected chi connectivity index (χ0v) is 22.6. The lowest BCUT2D eigenvalue weighted by molar-refractivity contribution is -0.127. The van der Waals surface area contributed by atoms with Gasteiger partial charge in [-0.2, -0.15) is 9.51 Å². The van der Waals surface area contributed by atoms with Crippen LogP contribution in [0.4, 0.5) is 0 Å². The average Bonchev–Trinajstić information content (AvgIpc) is 3.40. The summed E-state index contributed by atoms with van der Waals surface area (Å²) in [5.74, 6) is 2.52. The first kappa shape index (κ1) is 25.9. The molecular weight excluding hydrogens is 508 g/mol. The molecule has 0 aromatic carbocycles. The number of aliphatic imine (C=N–C) groups is 1. The Kier molecular flexibility index (Phi) is 7.48. The van der Waals surface area contributed by atoms with Gasteiger partial charge in [-0.3, -0.25) is 14.7 Å². The lowest BCUT2D eigenvalue weighted by atomic mass is 10.0. The highest BCUT2D eigenvalue weighted by atomic mass is 35.5. The maximum absolute atomic E-state index is 11.9. The summed E-state index contributed by atoms with van der Waals surface area (Å²) in [5, 5.41) is 9.47. The lowest BCUT2D eigenvalue weighted by Crippen LogP contribution is -2.48. The smallest absolute Gasteiger partial charge is 0.246 e. The monoisotopic (exact) mass is 538 g/mol. The fraction of sp³-hybridized carbons (Fsp3) is 0.423. The fourth-order valence-corrected chi connectivity index (χ4v) is 5.17. The second kappa shape index (κ2) is 11.0. The minimum absolute atomic E-state index is 0.0202. The number of nitrogens with one attached hydrogen (secondary N) is 1. The van der Waals surface area contributed by atoms with Crippen molar-refractivity contribution in [3.63, 3.8) is 0 Å². The molecule has 0 bridgehead atoms. The summed E-state index contributed by atoms with van der Waals surface area (Å²) in [5.41, 5.74) is 3.18. The number of hydrogen-bond donors (Lipinski definition) is 1. The lowest BCUT2D eigenvalue weighted by Gasteiger charge is -2.33. The third-order valence-electron chi connectivity index (χ3n) is 7.00. The number of halogens is 1. The molecule has 2 aliphatic heterocycles. The zero-order chi connectivity index (χ0) is 26.8. The quantitative estimate of drug-likeness (QED) is 0.533. The number of guanidine groups is 1. The number of methoxy groups -OCH3 is 2. The van der Waals surface area contributed by atoms with E-state index in [2.05, 4.69) is 32.8 Å². The summed E-state index contributed by atoms with van der Waals surface area (Å²) in [4.78, 5) is 29.9. The molecule has 38 heavy (non-hydrogen) atoms. The van der Waals surface area contributed by atoms with Crippen LogP contribution in [0.25, 0.3) is 11.2 Å². The van der Waals surface area contributed by atoms with Crippen molar-refractivity contribution in [2.45, 2.75) is 19.4 Å². The Bertz CT molecular complexity index is 1500. The predicted octanol–water partition coefficient (Wildman–Crippen LogP) is 0.492. The number of allylic oxidation sites excluding steroid dienone is 3. The maximum atomic E-state index is 11.9. The Morgan fingerprint density at radius 1 is 1.26 bits per heavy atom. The van der Waals surface area contributed by atoms with Gasteiger partial charge >= 0.3 is 0 Å². The summed E-state index contributed by atoms with van der Waals surface area (Å²) in [6, 6.07) is 2.06. The first-order chi connectivity index (χ1) is 18.4. The van der Waals surface area contributed by atoms with Crippen LogP contribution in [-0.2, 0) is 27.2 Å². The molecule has 0 radical (unpaired) electrons. The molecule has 12 heteroatoms. The number of carbonyl (C=O) groups is 1. The number of ether oxygens (including phenoxy) is 2. The van der Waals surface area contributed by atoms with Crippen LogP contribution in [0.1, 0.15) is 17.8 Å². The van der Waals surface area contributed by atoms with E-state index in [9.17, 15) is 4.79 Å². The number of carbonyl (C=O) groups excluding carboxylic acids is 1. The van der Waals surface area contributed by atoms with E-state index in [1.807, 2.05) is 4.90 Å². The molecule has 1 N–H and O–H groups in total. The summed E-state index contributed by atoms with van der Waals surface area (Å²) >= 11 is 6.81. The molecule has 1 amide bonds. The zero-order valence-electron chi connectivity index (χ0n) is 21.8. The molecule has 200 valence electrons. The molecule has 0 unspecified atom stereocenters. The highest BCUT2D eigenvalue weighted by Gasteiger charge is 2.24. The van der Waals surface area contributed by atoms with Crippen molar-refractivity contribution >= 4 is 34.7 Å². The third-order valence-corrected chi connectivity index (χ3v) is 7.42. The van der Waals surface area contributed by atoms with E-state index in [1.54, 1.807) is 31.9 Å². The fourth-order valence-electron chi connectivity index (χ4n) is 4.87. The number of aromatic nitrogens is 3. The molecule has 5 rings (SSSR count). The second-order valence-electron chi connectivity index (χ2n) is 9.16. The first-order valence-corrected chi connectivity index (χ1v) is 12.9. The summed E-state index contributed by atoms with van der Waals surface area (Å²) in [7, 11) is 4.92. The summed E-state index contributed by atoms with van der Waals surface area (Å²) in [6.45, 7) is 7.89. The minimum atomic E-state index is -0.0202. The van der Waals surface area contributed by atoms with Gasteiger partial charge in [-0.1, -0.05) is 18.2 Å². The van der Waals surface area contributed by atoms with E-state index in [1.165, 1.54) is 6.08 Å². The molecule has 1 aliphatic carbocycles. The van der Waals surface area contributed by atoms with Gasteiger partial charge in [0.1, 0.15) is 11.5 Å². The van der Waals surface area contributed by atoms with Gasteiger partial charge in [0.05, 0.1) is 19.3 Å². The van der Waals surface area contributed by atoms with Crippen molar-refractivity contribution in [1.82, 2.24) is 29.7 Å². The number of pyridine rings is 1. The first-order valence-electron chi connectivity index (χ1n) is 12.5. The predicted molar refractivity (Wildman–Crippen MR) is 144 cm³/mol. The summed E-state index contributed by atoms with van der Waals surface area (Å²) < 4.78 is 12.9. The number of amides is 1. The van der Waals surface area contributed by atoms with Gasteiger partial charge in [0.15, 0.2) is 17.0 Å². The normalized spacial score (nSPS) is 20.6. The van der Waals surface area contributed by atoms with E-state index in [0.29, 0.717) is 66.2 Å². The van der Waals surface area contributed by atoms with E-state index in [0.717, 1.165) is 41.7 Å². The van der Waals surface area contributed by atoms with Crippen molar-refractivity contribution < 1.29 is 14.3 Å². The number of fused-ring (bicyclic) bond motifs is 3. The van der Waals surface area contributed by atoms with Crippen LogP contribution in [0.15, 0.2) is 51.3 Å². The van der Waals surface area contributed by atoms with Crippen LogP contribution in [0, 0.1) is 0 Å². The molecule has 0 atom stereocenters. The molecule has 3 aliphatic rings. The second-order valence-corrected chi connectivity index (χ2v) is 9.53. The van der Waals surface area contributed by atoms with Crippen LogP contribution in [-0.4, -0.2) is 90.3 Å².